The van der Waals surface area contributed by atoms with Gasteiger partial charge in [0.1, 0.15) is 11.6 Å². The van der Waals surface area contributed by atoms with Crippen LogP contribution < -0.4 is 10.6 Å². The minimum absolute atomic E-state index is 0.0123. The van der Waals surface area contributed by atoms with Gasteiger partial charge >= 0.3 is 6.18 Å². The van der Waals surface area contributed by atoms with E-state index in [9.17, 15) is 18.0 Å². The molecule has 0 aliphatic carbocycles. The van der Waals surface area contributed by atoms with Crippen LogP contribution >= 0.6 is 0 Å². The number of alkyl halides is 3. The first kappa shape index (κ1) is 19.7. The Hall–Kier alpha value is -2.06. The van der Waals surface area contributed by atoms with Crippen LogP contribution in [0.1, 0.15) is 16.7 Å². The Kier molecular flexibility index (Phi) is 5.76. The molecule has 27 heavy (non-hydrogen) atoms. The zero-order valence-electron chi connectivity index (χ0n) is 15.4. The summed E-state index contributed by atoms with van der Waals surface area (Å²) in [7, 11) is 0. The number of carbonyl (C=O) groups excluding carboxylic acids is 1. The highest BCUT2D eigenvalue weighted by Crippen LogP contribution is 2.26. The van der Waals surface area contributed by atoms with Crippen molar-refractivity contribution < 1.29 is 22.4 Å². The molecular weight excluding hydrogens is 359 g/mol. The van der Waals surface area contributed by atoms with Crippen molar-refractivity contribution in [1.82, 2.24) is 15.5 Å². The minimum Gasteiger partial charge on any atom is -0.464 e. The van der Waals surface area contributed by atoms with Gasteiger partial charge in [0, 0.05) is 43.7 Å². The molecule has 148 valence electrons. The van der Waals surface area contributed by atoms with Crippen molar-refractivity contribution in [2.75, 3.05) is 32.7 Å². The van der Waals surface area contributed by atoms with Gasteiger partial charge in [0.05, 0.1) is 12.7 Å². The Bertz CT molecular complexity index is 810. The number of piperazine rings is 1. The molecule has 2 aromatic rings. The van der Waals surface area contributed by atoms with Gasteiger partial charge < -0.3 is 15.1 Å². The number of nitrogens with one attached hydrogen (secondary N) is 2. The monoisotopic (exact) mass is 383 g/mol. The average molecular weight is 383 g/mol. The van der Waals surface area contributed by atoms with Gasteiger partial charge in [-0.05, 0) is 37.1 Å². The van der Waals surface area contributed by atoms with E-state index in [0.29, 0.717) is 37.3 Å². The van der Waals surface area contributed by atoms with E-state index < -0.39 is 24.7 Å². The fraction of sp³-hybridized carbons (Fsp3) is 0.526. The molecule has 0 bridgehead atoms. The van der Waals surface area contributed by atoms with E-state index >= 15 is 0 Å². The number of carbonyl (C=O) groups is 1. The summed E-state index contributed by atoms with van der Waals surface area (Å²) in [5.74, 6) is -0.444. The summed E-state index contributed by atoms with van der Waals surface area (Å²) in [6.45, 7) is 5.14. The van der Waals surface area contributed by atoms with Crippen molar-refractivity contribution >= 4 is 16.9 Å². The van der Waals surface area contributed by atoms with Crippen LogP contribution in [-0.2, 0) is 11.2 Å². The van der Waals surface area contributed by atoms with Gasteiger partial charge in [-0.15, -0.1) is 0 Å². The van der Waals surface area contributed by atoms with E-state index in [1.54, 1.807) is 0 Å². The van der Waals surface area contributed by atoms with Crippen LogP contribution in [0.25, 0.3) is 11.0 Å². The highest BCUT2D eigenvalue weighted by molar-refractivity contribution is 5.88. The summed E-state index contributed by atoms with van der Waals surface area (Å²) in [5, 5.41) is 6.31. The number of amides is 1. The van der Waals surface area contributed by atoms with Crippen molar-refractivity contribution in [3.63, 3.8) is 0 Å². The molecule has 1 fully saturated rings. The summed E-state index contributed by atoms with van der Waals surface area (Å²) in [5.41, 5.74) is 3.50. The summed E-state index contributed by atoms with van der Waals surface area (Å²) < 4.78 is 45.7. The van der Waals surface area contributed by atoms with Crippen molar-refractivity contribution in [3.8, 4) is 0 Å². The molecule has 2 heterocycles. The van der Waals surface area contributed by atoms with E-state index in [1.165, 1.54) is 11.2 Å². The van der Waals surface area contributed by atoms with Crippen LogP contribution in [-0.4, -0.2) is 55.7 Å². The zero-order valence-corrected chi connectivity index (χ0v) is 15.4. The summed E-state index contributed by atoms with van der Waals surface area (Å²) in [4.78, 5) is 13.6. The molecule has 1 aliphatic heterocycles. The molecule has 1 saturated heterocycles. The van der Waals surface area contributed by atoms with Crippen molar-refractivity contribution in [3.05, 3.63) is 35.1 Å². The fourth-order valence-corrected chi connectivity index (χ4v) is 3.36. The second kappa shape index (κ2) is 7.90. The molecule has 3 rings (SSSR count). The van der Waals surface area contributed by atoms with Crippen LogP contribution in [0.3, 0.4) is 0 Å². The first-order valence-electron chi connectivity index (χ1n) is 9.01. The highest BCUT2D eigenvalue weighted by atomic mass is 19.4. The van der Waals surface area contributed by atoms with Gasteiger partial charge in [0.2, 0.25) is 5.91 Å². The van der Waals surface area contributed by atoms with E-state index in [4.69, 9.17) is 4.42 Å². The maximum Gasteiger partial charge on any atom is 0.405 e. The van der Waals surface area contributed by atoms with Gasteiger partial charge in [-0.3, -0.25) is 9.69 Å². The van der Waals surface area contributed by atoms with Crippen LogP contribution in [0, 0.1) is 13.8 Å². The number of halogens is 3. The highest BCUT2D eigenvalue weighted by Gasteiger charge is 2.43. The molecular formula is C19H24F3N3O2. The lowest BCUT2D eigenvalue weighted by Crippen LogP contribution is -2.57. The second-order valence-corrected chi connectivity index (χ2v) is 7.02. The van der Waals surface area contributed by atoms with Gasteiger partial charge in [-0.25, -0.2) is 0 Å². The Labute approximate surface area is 155 Å². The Morgan fingerprint density at radius 3 is 2.59 bits per heavy atom. The zero-order chi connectivity index (χ0) is 19.6. The molecule has 1 atom stereocenters. The molecule has 0 radical (unpaired) electrons. The lowest BCUT2D eigenvalue weighted by molar-refractivity contribution is -0.184. The van der Waals surface area contributed by atoms with Gasteiger partial charge in [-0.1, -0.05) is 0 Å². The van der Waals surface area contributed by atoms with E-state index in [2.05, 4.69) is 10.6 Å². The number of hydrogen-bond acceptors (Lipinski definition) is 4. The molecule has 1 unspecified atom stereocenters. The number of rotatable bonds is 5. The lowest BCUT2D eigenvalue weighted by Gasteiger charge is -2.35. The van der Waals surface area contributed by atoms with Crippen molar-refractivity contribution in [2.45, 2.75) is 32.5 Å². The molecule has 2 N–H and O–H groups in total. The minimum atomic E-state index is -4.39. The van der Waals surface area contributed by atoms with Crippen LogP contribution in [0.4, 0.5) is 13.2 Å². The average Bonchev–Trinajstić information content (AvgIpc) is 2.97. The second-order valence-electron chi connectivity index (χ2n) is 7.02. The summed E-state index contributed by atoms with van der Waals surface area (Å²) in [6, 6.07) is 2.17. The number of benzene rings is 1. The fourth-order valence-electron chi connectivity index (χ4n) is 3.36. The molecule has 5 nitrogen and oxygen atoms in total. The van der Waals surface area contributed by atoms with Crippen LogP contribution in [0.5, 0.6) is 0 Å². The first-order chi connectivity index (χ1) is 12.8. The number of hydrogen-bond donors (Lipinski definition) is 2. The smallest absolute Gasteiger partial charge is 0.405 e. The van der Waals surface area contributed by atoms with Crippen molar-refractivity contribution in [2.24, 2.45) is 0 Å². The molecule has 1 aliphatic rings. The van der Waals surface area contributed by atoms with E-state index in [1.807, 2.05) is 26.0 Å². The molecule has 1 aromatic heterocycles. The summed E-state index contributed by atoms with van der Waals surface area (Å²) in [6.07, 6.45) is -2.90. The number of furan rings is 1. The van der Waals surface area contributed by atoms with Crippen LogP contribution in [0.2, 0.25) is 0 Å². The van der Waals surface area contributed by atoms with E-state index in [0.717, 1.165) is 16.5 Å². The molecule has 1 amide bonds. The van der Waals surface area contributed by atoms with Gasteiger partial charge in [-0.2, -0.15) is 13.2 Å². The number of fused-ring (bicyclic) bond motifs is 1. The Morgan fingerprint density at radius 2 is 1.93 bits per heavy atom. The summed E-state index contributed by atoms with van der Waals surface area (Å²) >= 11 is 0. The van der Waals surface area contributed by atoms with Gasteiger partial charge in [0.25, 0.3) is 0 Å². The Morgan fingerprint density at radius 1 is 1.26 bits per heavy atom. The quantitative estimate of drug-likeness (QED) is 0.833. The molecule has 8 heteroatoms. The first-order valence-corrected chi connectivity index (χ1v) is 9.01. The predicted octanol–water partition coefficient (Wildman–Crippen LogP) is 2.54. The maximum absolute atomic E-state index is 13.4. The lowest BCUT2D eigenvalue weighted by atomic mass is 10.0. The number of nitrogens with zero attached hydrogens (tertiary/aromatic N) is 1. The van der Waals surface area contributed by atoms with E-state index in [-0.39, 0.29) is 6.42 Å². The third kappa shape index (κ3) is 4.62. The largest absolute Gasteiger partial charge is 0.464 e. The van der Waals surface area contributed by atoms with Crippen LogP contribution in [0.15, 0.2) is 22.8 Å². The number of aryl methyl sites for hydroxylation is 2. The topological polar surface area (TPSA) is 57.5 Å². The SMILES string of the molecule is Cc1cc2occ(CC(=O)NCC(N3CCNCC3)C(F)(F)F)c2cc1C. The molecule has 0 saturated carbocycles. The van der Waals surface area contributed by atoms with Gasteiger partial charge in [0.15, 0.2) is 0 Å². The molecule has 0 spiro atoms. The third-order valence-corrected chi connectivity index (χ3v) is 5.08. The Balaban J connectivity index is 1.65. The predicted molar refractivity (Wildman–Crippen MR) is 96.7 cm³/mol. The van der Waals surface area contributed by atoms with Crippen molar-refractivity contribution in [1.29, 1.82) is 0 Å². The molecule has 1 aromatic carbocycles. The normalized spacial score (nSPS) is 17.2. The third-order valence-electron chi connectivity index (χ3n) is 5.08. The maximum atomic E-state index is 13.4. The standard InChI is InChI=1S/C19H24F3N3O2/c1-12-7-15-14(11-27-16(15)8-13(12)2)9-18(26)24-10-17(19(20,21)22)25-5-3-23-4-6-25/h7-8,11,17,23H,3-6,9-10H2,1-2H3,(H,24,26).